The largest absolute Gasteiger partial charge is 0.454 e. The summed E-state index contributed by atoms with van der Waals surface area (Å²) in [5.74, 6) is 1.59. The molecular weight excluding hydrogens is 230 g/mol. The number of β-amino-alcohol motifs (C(OH)–C–C–N with tert-alkyl or cyclic N) is 1. The highest BCUT2D eigenvalue weighted by molar-refractivity contribution is 5.58. The van der Waals surface area contributed by atoms with E-state index in [1.54, 1.807) is 0 Å². The molecule has 1 aromatic rings. The average Bonchev–Trinajstić information content (AvgIpc) is 2.79. The maximum absolute atomic E-state index is 9.87. The number of hydrogen-bond acceptors (Lipinski definition) is 4. The monoisotopic (exact) mass is 249 g/mol. The molecule has 0 bridgehead atoms. The molecule has 0 amide bonds. The van der Waals surface area contributed by atoms with E-state index in [1.807, 2.05) is 18.2 Å². The predicted molar refractivity (Wildman–Crippen MR) is 69.2 cm³/mol. The highest BCUT2D eigenvalue weighted by Gasteiger charge is 2.34. The van der Waals surface area contributed by atoms with Crippen LogP contribution in [0, 0.1) is 0 Å². The van der Waals surface area contributed by atoms with E-state index < -0.39 is 0 Å². The third kappa shape index (κ3) is 1.90. The van der Waals surface area contributed by atoms with Gasteiger partial charge in [-0.3, -0.25) is 0 Å². The Bertz CT molecular complexity index is 458. The van der Waals surface area contributed by atoms with Gasteiger partial charge in [-0.15, -0.1) is 0 Å². The Morgan fingerprint density at radius 1 is 1.28 bits per heavy atom. The van der Waals surface area contributed by atoms with E-state index in [0.717, 1.165) is 30.0 Å². The molecule has 18 heavy (non-hydrogen) atoms. The summed E-state index contributed by atoms with van der Waals surface area (Å²) in [4.78, 5) is 2.25. The zero-order chi connectivity index (χ0) is 12.8. The summed E-state index contributed by atoms with van der Waals surface area (Å²) in [6.45, 7) is 5.39. The third-order valence-corrected chi connectivity index (χ3v) is 3.88. The zero-order valence-electron chi connectivity index (χ0n) is 10.8. The second-order valence-corrected chi connectivity index (χ2v) is 5.65. The van der Waals surface area contributed by atoms with Crippen LogP contribution in [0.3, 0.4) is 0 Å². The van der Waals surface area contributed by atoms with Crippen molar-refractivity contribution < 1.29 is 14.6 Å². The molecule has 4 nitrogen and oxygen atoms in total. The molecule has 2 heterocycles. The molecule has 0 saturated carbocycles. The van der Waals surface area contributed by atoms with E-state index in [1.165, 1.54) is 0 Å². The molecule has 98 valence electrons. The smallest absolute Gasteiger partial charge is 0.231 e. The molecule has 1 fully saturated rings. The van der Waals surface area contributed by atoms with Crippen molar-refractivity contribution in [3.8, 4) is 11.5 Å². The maximum Gasteiger partial charge on any atom is 0.231 e. The zero-order valence-corrected chi connectivity index (χ0v) is 10.8. The Morgan fingerprint density at radius 2 is 2.06 bits per heavy atom. The molecule has 3 rings (SSSR count). The van der Waals surface area contributed by atoms with Gasteiger partial charge in [-0.25, -0.2) is 0 Å². The summed E-state index contributed by atoms with van der Waals surface area (Å²) >= 11 is 0. The number of anilines is 1. The van der Waals surface area contributed by atoms with Crippen LogP contribution in [0.2, 0.25) is 0 Å². The standard InChI is InChI=1S/C14H19NO3/c1-14(2)6-5-11(16)8-15(14)10-3-4-12-13(7-10)18-9-17-12/h3-4,7,11,16H,5-6,8-9H2,1-2H3. The van der Waals surface area contributed by atoms with Crippen molar-refractivity contribution in [3.05, 3.63) is 18.2 Å². The number of rotatable bonds is 1. The number of fused-ring (bicyclic) bond motifs is 1. The van der Waals surface area contributed by atoms with Crippen LogP contribution in [0.15, 0.2) is 18.2 Å². The SMILES string of the molecule is CC1(C)CCC(O)CN1c1ccc2c(c1)OCO2. The molecule has 0 aliphatic carbocycles. The Kier molecular flexibility index (Phi) is 2.63. The second kappa shape index (κ2) is 4.05. The average molecular weight is 249 g/mol. The van der Waals surface area contributed by atoms with Crippen LogP contribution < -0.4 is 14.4 Å². The van der Waals surface area contributed by atoms with Crippen LogP contribution >= 0.6 is 0 Å². The summed E-state index contributed by atoms with van der Waals surface area (Å²) in [6, 6.07) is 5.98. The molecule has 0 aromatic heterocycles. The molecule has 0 radical (unpaired) electrons. The first kappa shape index (κ1) is 11.7. The molecule has 1 unspecified atom stereocenters. The van der Waals surface area contributed by atoms with Gasteiger partial charge < -0.3 is 19.5 Å². The Balaban J connectivity index is 1.93. The fraction of sp³-hybridized carbons (Fsp3) is 0.571. The molecule has 1 saturated heterocycles. The molecular formula is C14H19NO3. The summed E-state index contributed by atoms with van der Waals surface area (Å²) in [7, 11) is 0. The van der Waals surface area contributed by atoms with E-state index >= 15 is 0 Å². The van der Waals surface area contributed by atoms with Gasteiger partial charge in [0.15, 0.2) is 11.5 Å². The van der Waals surface area contributed by atoms with Gasteiger partial charge >= 0.3 is 0 Å². The van der Waals surface area contributed by atoms with Crippen molar-refractivity contribution in [3.63, 3.8) is 0 Å². The number of ether oxygens (including phenoxy) is 2. The van der Waals surface area contributed by atoms with Gasteiger partial charge in [-0.2, -0.15) is 0 Å². The number of aliphatic hydroxyl groups is 1. The van der Waals surface area contributed by atoms with E-state index in [2.05, 4.69) is 18.7 Å². The molecule has 1 N–H and O–H groups in total. The fourth-order valence-electron chi connectivity index (χ4n) is 2.71. The minimum Gasteiger partial charge on any atom is -0.454 e. The number of hydrogen-bond donors (Lipinski definition) is 1. The predicted octanol–water partition coefficient (Wildman–Crippen LogP) is 2.15. The minimum absolute atomic E-state index is 0.0624. The highest BCUT2D eigenvalue weighted by Crippen LogP contribution is 2.39. The molecule has 1 aromatic carbocycles. The maximum atomic E-state index is 9.87. The van der Waals surface area contributed by atoms with Crippen LogP contribution in [0.4, 0.5) is 5.69 Å². The van der Waals surface area contributed by atoms with Crippen LogP contribution in [0.1, 0.15) is 26.7 Å². The van der Waals surface area contributed by atoms with E-state index in [4.69, 9.17) is 9.47 Å². The number of piperidine rings is 1. The van der Waals surface area contributed by atoms with Crippen LogP contribution in [0.5, 0.6) is 11.5 Å². The molecule has 4 heteroatoms. The van der Waals surface area contributed by atoms with E-state index in [0.29, 0.717) is 13.3 Å². The van der Waals surface area contributed by atoms with Crippen molar-refractivity contribution in [2.75, 3.05) is 18.2 Å². The first-order chi connectivity index (χ1) is 8.56. The number of aliphatic hydroxyl groups excluding tert-OH is 1. The Morgan fingerprint density at radius 3 is 2.89 bits per heavy atom. The lowest BCUT2D eigenvalue weighted by Gasteiger charge is -2.46. The van der Waals surface area contributed by atoms with Gasteiger partial charge in [0.1, 0.15) is 0 Å². The highest BCUT2D eigenvalue weighted by atomic mass is 16.7. The van der Waals surface area contributed by atoms with Crippen molar-refractivity contribution in [2.45, 2.75) is 38.3 Å². The lowest BCUT2D eigenvalue weighted by Crippen LogP contribution is -2.52. The molecule has 0 spiro atoms. The second-order valence-electron chi connectivity index (χ2n) is 5.65. The van der Waals surface area contributed by atoms with Gasteiger partial charge in [0.2, 0.25) is 6.79 Å². The van der Waals surface area contributed by atoms with Gasteiger partial charge in [-0.1, -0.05) is 0 Å². The first-order valence-electron chi connectivity index (χ1n) is 6.42. The third-order valence-electron chi connectivity index (χ3n) is 3.88. The number of benzene rings is 1. The Labute approximate surface area is 107 Å². The van der Waals surface area contributed by atoms with Crippen molar-refractivity contribution >= 4 is 5.69 Å². The summed E-state index contributed by atoms with van der Waals surface area (Å²) in [5, 5.41) is 9.87. The number of nitrogens with zero attached hydrogens (tertiary/aromatic N) is 1. The van der Waals surface area contributed by atoms with Crippen LogP contribution in [0.25, 0.3) is 0 Å². The van der Waals surface area contributed by atoms with Gasteiger partial charge in [0.25, 0.3) is 0 Å². The van der Waals surface area contributed by atoms with Crippen molar-refractivity contribution in [1.29, 1.82) is 0 Å². The van der Waals surface area contributed by atoms with Crippen molar-refractivity contribution in [1.82, 2.24) is 0 Å². The van der Waals surface area contributed by atoms with E-state index in [9.17, 15) is 5.11 Å². The van der Waals surface area contributed by atoms with E-state index in [-0.39, 0.29) is 11.6 Å². The van der Waals surface area contributed by atoms with Gasteiger partial charge in [0.05, 0.1) is 6.10 Å². The molecule has 2 aliphatic heterocycles. The fourth-order valence-corrected chi connectivity index (χ4v) is 2.71. The first-order valence-corrected chi connectivity index (χ1v) is 6.42. The lowest BCUT2D eigenvalue weighted by molar-refractivity contribution is 0.126. The topological polar surface area (TPSA) is 41.9 Å². The summed E-state index contributed by atoms with van der Waals surface area (Å²) in [5.41, 5.74) is 1.15. The molecule has 1 atom stereocenters. The van der Waals surface area contributed by atoms with Crippen LogP contribution in [-0.2, 0) is 0 Å². The Hall–Kier alpha value is -1.42. The normalized spacial score (nSPS) is 25.3. The minimum atomic E-state index is -0.247. The lowest BCUT2D eigenvalue weighted by atomic mass is 9.88. The molecule has 2 aliphatic rings. The summed E-state index contributed by atoms with van der Waals surface area (Å²) in [6.07, 6.45) is 1.61. The van der Waals surface area contributed by atoms with Gasteiger partial charge in [-0.05, 0) is 38.8 Å². The van der Waals surface area contributed by atoms with Gasteiger partial charge in [0, 0.05) is 23.8 Å². The van der Waals surface area contributed by atoms with Crippen LogP contribution in [-0.4, -0.2) is 30.1 Å². The summed E-state index contributed by atoms with van der Waals surface area (Å²) < 4.78 is 10.7. The van der Waals surface area contributed by atoms with Crippen molar-refractivity contribution in [2.24, 2.45) is 0 Å². The quantitative estimate of drug-likeness (QED) is 0.828.